The van der Waals surface area contributed by atoms with Crippen LogP contribution in [0.5, 0.6) is 0 Å². The maximum atomic E-state index is 13.4. The quantitative estimate of drug-likeness (QED) is 0.239. The number of esters is 1. The van der Waals surface area contributed by atoms with E-state index in [1.807, 2.05) is 44.2 Å². The Labute approximate surface area is 207 Å². The Morgan fingerprint density at radius 1 is 1.03 bits per heavy atom. The molecule has 1 heterocycles. The molecule has 0 saturated heterocycles. The van der Waals surface area contributed by atoms with Crippen molar-refractivity contribution in [2.45, 2.75) is 25.5 Å². The third-order valence-electron chi connectivity index (χ3n) is 5.54. The minimum Gasteiger partial charge on any atom is -0.465 e. The first-order chi connectivity index (χ1) is 16.9. The lowest BCUT2D eigenvalue weighted by molar-refractivity contribution is -0.118. The van der Waals surface area contributed by atoms with Crippen LogP contribution in [0.25, 0.3) is 16.6 Å². The van der Waals surface area contributed by atoms with E-state index in [1.54, 1.807) is 41.0 Å². The number of benzene rings is 3. The van der Waals surface area contributed by atoms with Crippen LogP contribution in [0.2, 0.25) is 0 Å². The summed E-state index contributed by atoms with van der Waals surface area (Å²) in [5, 5.41) is 3.85. The molecule has 4 rings (SSSR count). The van der Waals surface area contributed by atoms with Crippen LogP contribution < -0.4 is 10.9 Å². The van der Waals surface area contributed by atoms with E-state index in [1.165, 1.54) is 18.9 Å². The number of methoxy groups -OCH3 is 1. The molecule has 4 aromatic rings. The van der Waals surface area contributed by atoms with E-state index in [4.69, 9.17) is 9.72 Å². The number of fused-ring (bicyclic) bond motifs is 1. The van der Waals surface area contributed by atoms with Crippen molar-refractivity contribution < 1.29 is 14.3 Å². The summed E-state index contributed by atoms with van der Waals surface area (Å²) in [6.07, 6.45) is 0. The number of ether oxygens (including phenoxy) is 1. The van der Waals surface area contributed by atoms with Crippen molar-refractivity contribution in [3.63, 3.8) is 0 Å². The first kappa shape index (κ1) is 24.2. The van der Waals surface area contributed by atoms with Crippen LogP contribution >= 0.6 is 11.8 Å². The molecule has 0 bridgehead atoms. The number of amides is 1. The van der Waals surface area contributed by atoms with Crippen molar-refractivity contribution in [2.24, 2.45) is 0 Å². The standard InChI is InChI=1S/C27H25N3O4S/c1-17-8-13-23(18(2)14-17)30-25(32)21-6-4-5-7-22(21)29-27(30)35-16-24(31)28-15-19-9-11-20(12-10-19)26(33)34-3/h4-14H,15-16H2,1-3H3,(H,28,31). The van der Waals surface area contributed by atoms with Crippen LogP contribution in [0.1, 0.15) is 27.0 Å². The molecule has 35 heavy (non-hydrogen) atoms. The third-order valence-corrected chi connectivity index (χ3v) is 6.47. The molecule has 7 nitrogen and oxygen atoms in total. The lowest BCUT2D eigenvalue weighted by atomic mass is 10.1. The second-order valence-electron chi connectivity index (χ2n) is 8.10. The highest BCUT2D eigenvalue weighted by Gasteiger charge is 2.16. The number of para-hydroxylation sites is 1. The summed E-state index contributed by atoms with van der Waals surface area (Å²) < 4.78 is 6.28. The normalized spacial score (nSPS) is 10.8. The minimum atomic E-state index is -0.408. The van der Waals surface area contributed by atoms with Crippen molar-refractivity contribution in [3.05, 3.63) is 99.3 Å². The second kappa shape index (κ2) is 10.6. The zero-order valence-electron chi connectivity index (χ0n) is 19.7. The third kappa shape index (κ3) is 5.44. The van der Waals surface area contributed by atoms with Crippen molar-refractivity contribution >= 4 is 34.5 Å². The topological polar surface area (TPSA) is 90.3 Å². The summed E-state index contributed by atoms with van der Waals surface area (Å²) in [5.74, 6) is -0.507. The Morgan fingerprint density at radius 3 is 2.49 bits per heavy atom. The van der Waals surface area contributed by atoms with Gasteiger partial charge in [-0.15, -0.1) is 0 Å². The van der Waals surface area contributed by atoms with E-state index in [0.29, 0.717) is 28.2 Å². The second-order valence-corrected chi connectivity index (χ2v) is 9.04. The van der Waals surface area contributed by atoms with Crippen LogP contribution in [-0.2, 0) is 16.1 Å². The van der Waals surface area contributed by atoms with E-state index in [-0.39, 0.29) is 17.2 Å². The number of thioether (sulfide) groups is 1. The molecule has 0 fully saturated rings. The number of hydrogen-bond acceptors (Lipinski definition) is 6. The van der Waals surface area contributed by atoms with Gasteiger partial charge < -0.3 is 10.1 Å². The Kier molecular flexibility index (Phi) is 7.31. The molecule has 0 aliphatic heterocycles. The summed E-state index contributed by atoms with van der Waals surface area (Å²) in [4.78, 5) is 42.3. The highest BCUT2D eigenvalue weighted by Crippen LogP contribution is 2.23. The van der Waals surface area contributed by atoms with Crippen LogP contribution in [-0.4, -0.2) is 34.3 Å². The predicted molar refractivity (Wildman–Crippen MR) is 137 cm³/mol. The number of nitrogens with one attached hydrogen (secondary N) is 1. The summed E-state index contributed by atoms with van der Waals surface area (Å²) >= 11 is 1.21. The molecule has 0 aliphatic rings. The van der Waals surface area contributed by atoms with Gasteiger partial charge in [-0.2, -0.15) is 0 Å². The zero-order chi connectivity index (χ0) is 24.9. The Balaban J connectivity index is 1.54. The summed E-state index contributed by atoms with van der Waals surface area (Å²) in [6.45, 7) is 4.27. The maximum Gasteiger partial charge on any atom is 0.337 e. The van der Waals surface area contributed by atoms with Crippen LogP contribution in [0.4, 0.5) is 0 Å². The molecule has 0 unspecified atom stereocenters. The molecule has 0 spiro atoms. The van der Waals surface area contributed by atoms with Crippen LogP contribution in [0.3, 0.4) is 0 Å². The monoisotopic (exact) mass is 487 g/mol. The molecule has 0 atom stereocenters. The van der Waals surface area contributed by atoms with E-state index < -0.39 is 5.97 Å². The summed E-state index contributed by atoms with van der Waals surface area (Å²) in [7, 11) is 1.33. The molecule has 1 amide bonds. The predicted octanol–water partition coefficient (Wildman–Crippen LogP) is 4.20. The van der Waals surface area contributed by atoms with Crippen molar-refractivity contribution in [1.82, 2.24) is 14.9 Å². The summed E-state index contributed by atoms with van der Waals surface area (Å²) in [6, 6.07) is 19.9. The SMILES string of the molecule is COC(=O)c1ccc(CNC(=O)CSc2nc3ccccc3c(=O)n2-c2ccc(C)cc2C)cc1. The van der Waals surface area contributed by atoms with Gasteiger partial charge in [-0.1, -0.05) is 53.7 Å². The molecule has 1 N–H and O–H groups in total. The first-order valence-electron chi connectivity index (χ1n) is 11.0. The number of aryl methyl sites for hydroxylation is 2. The van der Waals surface area contributed by atoms with E-state index in [2.05, 4.69) is 5.32 Å². The lowest BCUT2D eigenvalue weighted by Gasteiger charge is -2.15. The van der Waals surface area contributed by atoms with E-state index >= 15 is 0 Å². The molecule has 8 heteroatoms. The number of aromatic nitrogens is 2. The molecule has 1 aromatic heterocycles. The Hall–Kier alpha value is -3.91. The van der Waals surface area contributed by atoms with E-state index in [0.717, 1.165) is 22.4 Å². The molecule has 0 aliphatic carbocycles. The number of rotatable bonds is 7. The van der Waals surface area contributed by atoms with Crippen molar-refractivity contribution in [1.29, 1.82) is 0 Å². The van der Waals surface area contributed by atoms with E-state index in [9.17, 15) is 14.4 Å². The average molecular weight is 488 g/mol. The molecular weight excluding hydrogens is 462 g/mol. The van der Waals surface area contributed by atoms with Gasteiger partial charge in [0.15, 0.2) is 5.16 Å². The van der Waals surface area contributed by atoms with Crippen LogP contribution in [0, 0.1) is 13.8 Å². The number of carbonyl (C=O) groups is 2. The minimum absolute atomic E-state index is 0.0932. The molecule has 0 radical (unpaired) electrons. The number of nitrogens with zero attached hydrogens (tertiary/aromatic N) is 2. The van der Waals surface area contributed by atoms with Gasteiger partial charge in [-0.05, 0) is 55.3 Å². The van der Waals surface area contributed by atoms with Gasteiger partial charge in [-0.3, -0.25) is 14.2 Å². The number of carbonyl (C=O) groups excluding carboxylic acids is 2. The largest absolute Gasteiger partial charge is 0.465 e. The zero-order valence-corrected chi connectivity index (χ0v) is 20.5. The summed E-state index contributed by atoms with van der Waals surface area (Å²) in [5.41, 5.74) is 4.51. The van der Waals surface area contributed by atoms with Crippen LogP contribution in [0.15, 0.2) is 76.7 Å². The van der Waals surface area contributed by atoms with Gasteiger partial charge in [0.25, 0.3) is 5.56 Å². The maximum absolute atomic E-state index is 13.4. The Morgan fingerprint density at radius 2 is 1.77 bits per heavy atom. The smallest absolute Gasteiger partial charge is 0.337 e. The highest BCUT2D eigenvalue weighted by atomic mass is 32.2. The average Bonchev–Trinajstić information content (AvgIpc) is 2.87. The molecule has 3 aromatic carbocycles. The van der Waals surface area contributed by atoms with Gasteiger partial charge in [0.05, 0.1) is 35.0 Å². The number of hydrogen-bond donors (Lipinski definition) is 1. The lowest BCUT2D eigenvalue weighted by Crippen LogP contribution is -2.26. The van der Waals surface area contributed by atoms with Gasteiger partial charge in [0, 0.05) is 6.54 Å². The van der Waals surface area contributed by atoms with Gasteiger partial charge in [-0.25, -0.2) is 9.78 Å². The highest BCUT2D eigenvalue weighted by molar-refractivity contribution is 7.99. The fourth-order valence-corrected chi connectivity index (χ4v) is 4.57. The van der Waals surface area contributed by atoms with Gasteiger partial charge >= 0.3 is 5.97 Å². The molecule has 0 saturated carbocycles. The molecule has 178 valence electrons. The van der Waals surface area contributed by atoms with Crippen molar-refractivity contribution in [2.75, 3.05) is 12.9 Å². The van der Waals surface area contributed by atoms with Gasteiger partial charge in [0.2, 0.25) is 5.91 Å². The van der Waals surface area contributed by atoms with Crippen molar-refractivity contribution in [3.8, 4) is 5.69 Å². The fraction of sp³-hybridized carbons (Fsp3) is 0.185. The fourth-order valence-electron chi connectivity index (χ4n) is 3.74. The first-order valence-corrected chi connectivity index (χ1v) is 12.0. The molecular formula is C27H25N3O4S. The Bertz CT molecular complexity index is 1460. The van der Waals surface area contributed by atoms with Gasteiger partial charge in [0.1, 0.15) is 0 Å².